The Morgan fingerprint density at radius 2 is 1.17 bits per heavy atom. The van der Waals surface area contributed by atoms with E-state index in [2.05, 4.69) is 10.6 Å². The first kappa shape index (κ1) is 24.3. The van der Waals surface area contributed by atoms with Crippen molar-refractivity contribution in [1.82, 2.24) is 0 Å². The summed E-state index contributed by atoms with van der Waals surface area (Å²) in [5, 5.41) is 27.1. The van der Waals surface area contributed by atoms with Gasteiger partial charge >= 0.3 is 0 Å². The number of hydrogen-bond donors (Lipinski definition) is 4. The summed E-state index contributed by atoms with van der Waals surface area (Å²) in [7, 11) is -4.29. The summed E-state index contributed by atoms with van der Waals surface area (Å²) in [5.74, 6) is -4.48. The number of aliphatic hydroxyl groups excluding tert-OH is 2. The maximum atomic E-state index is 13.7. The number of amides is 2. The Hall–Kier alpha value is -3.86. The second kappa shape index (κ2) is 9.41. The van der Waals surface area contributed by atoms with Crippen LogP contribution >= 0.6 is 0 Å². The number of fused-ring (bicyclic) bond motifs is 1. The molecule has 9 nitrogen and oxygen atoms in total. The summed E-state index contributed by atoms with van der Waals surface area (Å²) in [6.07, 6.45) is -4.76. The Morgan fingerprint density at radius 1 is 0.743 bits per heavy atom. The Balaban J connectivity index is 1.80. The summed E-state index contributed by atoms with van der Waals surface area (Å²) in [5.41, 5.74) is -2.50. The Labute approximate surface area is 201 Å². The number of nitrogens with one attached hydrogen (secondary N) is 2. The minimum atomic E-state index is -4.29. The SMILES string of the molecule is O=C(Nc1ccccc1)C(O)C1(C(O)C(=O)Nc2ccccc2)CS(=O)(=O)c2ccccc2C1=O. The highest BCUT2D eigenvalue weighted by Crippen LogP contribution is 2.42. The number of Topliss-reactive ketones (excluding diaryl/α,β-unsaturated/α-hetero) is 1. The fourth-order valence-corrected chi connectivity index (χ4v) is 6.13. The summed E-state index contributed by atoms with van der Waals surface area (Å²) < 4.78 is 26.3. The summed E-state index contributed by atoms with van der Waals surface area (Å²) >= 11 is 0. The molecule has 2 atom stereocenters. The molecule has 0 aromatic heterocycles. The molecule has 0 saturated carbocycles. The van der Waals surface area contributed by atoms with Gasteiger partial charge in [0, 0.05) is 16.9 Å². The molecule has 0 saturated heterocycles. The molecule has 0 fully saturated rings. The van der Waals surface area contributed by atoms with Crippen molar-refractivity contribution >= 4 is 38.8 Å². The molecule has 1 aliphatic rings. The lowest BCUT2D eigenvalue weighted by atomic mass is 9.71. The Morgan fingerprint density at radius 3 is 1.66 bits per heavy atom. The largest absolute Gasteiger partial charge is 0.382 e. The molecule has 0 radical (unpaired) electrons. The molecule has 4 N–H and O–H groups in total. The highest BCUT2D eigenvalue weighted by molar-refractivity contribution is 7.91. The Kier molecular flexibility index (Phi) is 6.53. The number of sulfone groups is 1. The lowest BCUT2D eigenvalue weighted by Gasteiger charge is -2.41. The second-order valence-electron chi connectivity index (χ2n) is 8.14. The van der Waals surface area contributed by atoms with E-state index < -0.39 is 50.8 Å². The summed E-state index contributed by atoms with van der Waals surface area (Å²) in [4.78, 5) is 39.4. The van der Waals surface area contributed by atoms with Crippen LogP contribution in [-0.2, 0) is 19.4 Å². The van der Waals surface area contributed by atoms with Crippen molar-refractivity contribution < 1.29 is 33.0 Å². The van der Waals surface area contributed by atoms with Gasteiger partial charge in [0.15, 0.2) is 15.6 Å². The first-order valence-electron chi connectivity index (χ1n) is 10.6. The number of carbonyl (C=O) groups excluding carboxylic acids is 3. The minimum absolute atomic E-state index is 0.265. The maximum absolute atomic E-state index is 13.7. The zero-order valence-electron chi connectivity index (χ0n) is 18.3. The third-order valence-electron chi connectivity index (χ3n) is 5.87. The third kappa shape index (κ3) is 4.46. The van der Waals surface area contributed by atoms with Gasteiger partial charge in [0.25, 0.3) is 11.8 Å². The van der Waals surface area contributed by atoms with Crippen molar-refractivity contribution in [1.29, 1.82) is 0 Å². The standard InChI is InChI=1S/C25H22N2O7S/c28-20-18-13-7-8-14-19(18)35(33,34)15-25(20,21(29)23(31)26-16-9-3-1-4-10-16)22(30)24(32)27-17-11-5-2-6-12-17/h1-14,21-22,29-30H,15H2,(H,26,31)(H,27,32). The zero-order valence-corrected chi connectivity index (χ0v) is 19.1. The molecule has 3 aromatic rings. The lowest BCUT2D eigenvalue weighted by molar-refractivity contribution is -0.141. The maximum Gasteiger partial charge on any atom is 0.254 e. The smallest absolute Gasteiger partial charge is 0.254 e. The molecule has 0 bridgehead atoms. The zero-order chi connectivity index (χ0) is 25.2. The van der Waals surface area contributed by atoms with Crippen LogP contribution in [0.25, 0.3) is 0 Å². The number of aliphatic hydroxyl groups is 2. The lowest BCUT2D eigenvalue weighted by Crippen LogP contribution is -2.63. The van der Waals surface area contributed by atoms with Crippen molar-refractivity contribution in [2.75, 3.05) is 16.4 Å². The molecule has 0 aliphatic carbocycles. The van der Waals surface area contributed by atoms with Gasteiger partial charge in [-0.05, 0) is 30.3 Å². The van der Waals surface area contributed by atoms with Crippen molar-refractivity contribution in [3.63, 3.8) is 0 Å². The van der Waals surface area contributed by atoms with E-state index in [1.807, 2.05) is 0 Å². The van der Waals surface area contributed by atoms with Crippen LogP contribution in [-0.4, -0.2) is 54.2 Å². The van der Waals surface area contributed by atoms with Crippen molar-refractivity contribution in [2.24, 2.45) is 5.41 Å². The normalized spacial score (nSPS) is 20.2. The van der Waals surface area contributed by atoms with Crippen LogP contribution in [0.5, 0.6) is 0 Å². The van der Waals surface area contributed by atoms with Crippen molar-refractivity contribution in [3.8, 4) is 0 Å². The van der Waals surface area contributed by atoms with Gasteiger partial charge in [-0.3, -0.25) is 14.4 Å². The van der Waals surface area contributed by atoms with Crippen LogP contribution < -0.4 is 10.6 Å². The van der Waals surface area contributed by atoms with Gasteiger partial charge in [0.1, 0.15) is 17.6 Å². The van der Waals surface area contributed by atoms with Crippen LogP contribution in [0, 0.1) is 5.41 Å². The molecule has 3 aromatic carbocycles. The minimum Gasteiger partial charge on any atom is -0.382 e. The van der Waals surface area contributed by atoms with E-state index in [1.165, 1.54) is 48.5 Å². The summed E-state index contributed by atoms with van der Waals surface area (Å²) in [6, 6.07) is 21.2. The number of anilines is 2. The van der Waals surface area contributed by atoms with Crippen LogP contribution in [0.2, 0.25) is 0 Å². The van der Waals surface area contributed by atoms with Crippen LogP contribution in [0.15, 0.2) is 89.8 Å². The topological polar surface area (TPSA) is 150 Å². The van der Waals surface area contributed by atoms with Gasteiger partial charge in [-0.1, -0.05) is 54.6 Å². The van der Waals surface area contributed by atoms with E-state index in [0.29, 0.717) is 0 Å². The van der Waals surface area contributed by atoms with E-state index in [-0.39, 0.29) is 21.8 Å². The van der Waals surface area contributed by atoms with Crippen LogP contribution in [0.4, 0.5) is 11.4 Å². The molecule has 180 valence electrons. The number of para-hydroxylation sites is 2. The predicted octanol–water partition coefficient (Wildman–Crippen LogP) is 1.64. The van der Waals surface area contributed by atoms with Crippen molar-refractivity contribution in [2.45, 2.75) is 17.1 Å². The molecule has 1 aliphatic heterocycles. The van der Waals surface area contributed by atoms with E-state index in [4.69, 9.17) is 0 Å². The molecular formula is C25H22N2O7S. The number of rotatable bonds is 6. The molecular weight excluding hydrogens is 472 g/mol. The van der Waals surface area contributed by atoms with Crippen LogP contribution in [0.1, 0.15) is 10.4 Å². The molecule has 1 heterocycles. The molecule has 2 amide bonds. The first-order chi connectivity index (χ1) is 16.7. The number of carbonyl (C=O) groups is 3. The van der Waals surface area contributed by atoms with E-state index in [0.717, 1.165) is 0 Å². The van der Waals surface area contributed by atoms with Gasteiger partial charge in [-0.25, -0.2) is 8.42 Å². The first-order valence-corrected chi connectivity index (χ1v) is 12.3. The fourth-order valence-electron chi connectivity index (χ4n) is 4.12. The van der Waals surface area contributed by atoms with Crippen LogP contribution in [0.3, 0.4) is 0 Å². The number of hydrogen-bond acceptors (Lipinski definition) is 7. The molecule has 2 unspecified atom stereocenters. The predicted molar refractivity (Wildman–Crippen MR) is 127 cm³/mol. The number of ketones is 1. The molecule has 35 heavy (non-hydrogen) atoms. The van der Waals surface area contributed by atoms with Gasteiger partial charge in [-0.2, -0.15) is 0 Å². The summed E-state index contributed by atoms with van der Waals surface area (Å²) in [6.45, 7) is 0. The van der Waals surface area contributed by atoms with E-state index in [1.54, 1.807) is 36.4 Å². The van der Waals surface area contributed by atoms with E-state index >= 15 is 0 Å². The average molecular weight is 495 g/mol. The monoisotopic (exact) mass is 494 g/mol. The number of benzene rings is 3. The van der Waals surface area contributed by atoms with E-state index in [9.17, 15) is 33.0 Å². The second-order valence-corrected chi connectivity index (χ2v) is 10.1. The van der Waals surface area contributed by atoms with Gasteiger partial charge in [0.05, 0.1) is 10.6 Å². The van der Waals surface area contributed by atoms with Gasteiger partial charge in [0.2, 0.25) is 0 Å². The van der Waals surface area contributed by atoms with Gasteiger partial charge < -0.3 is 20.8 Å². The third-order valence-corrected chi connectivity index (χ3v) is 7.76. The van der Waals surface area contributed by atoms with Crippen molar-refractivity contribution in [3.05, 3.63) is 90.5 Å². The van der Waals surface area contributed by atoms with Gasteiger partial charge in [-0.15, -0.1) is 0 Å². The molecule has 4 rings (SSSR count). The highest BCUT2D eigenvalue weighted by atomic mass is 32.2. The fraction of sp³-hybridized carbons (Fsp3) is 0.160. The highest BCUT2D eigenvalue weighted by Gasteiger charge is 2.61. The average Bonchev–Trinajstić information content (AvgIpc) is 2.86. The quantitative estimate of drug-likeness (QED) is 0.407. The molecule has 10 heteroatoms. The molecule has 0 spiro atoms. The Bertz CT molecular complexity index is 1320.